The number of rotatable bonds is 3. The van der Waals surface area contributed by atoms with E-state index >= 15 is 0 Å². The second kappa shape index (κ2) is 4.03. The van der Waals surface area contributed by atoms with Crippen LogP contribution in [0.1, 0.15) is 17.3 Å². The van der Waals surface area contributed by atoms with Gasteiger partial charge < -0.3 is 4.74 Å². The van der Waals surface area contributed by atoms with Gasteiger partial charge >= 0.3 is 0 Å². The first kappa shape index (κ1) is 9.71. The van der Waals surface area contributed by atoms with Crippen molar-refractivity contribution in [1.82, 2.24) is 0 Å². The number of carbonyl (C=O) groups is 1. The summed E-state index contributed by atoms with van der Waals surface area (Å²) in [5.41, 5.74) is 0.342. The molecule has 1 unspecified atom stereocenters. The monoisotopic (exact) mass is 182 g/mol. The fraction of sp³-hybridized carbons (Fsp3) is 0.300. The largest absolute Gasteiger partial charge is 0.497 e. The highest BCUT2D eigenvalue weighted by Gasteiger charge is 2.13. The number of Topliss-reactive ketones (excluding diaryl/α,β-unsaturated/α-hetero) is 1. The number of hydrogen-bond donors (Lipinski definition) is 0. The van der Waals surface area contributed by atoms with E-state index < -0.39 is 12.0 Å². The van der Waals surface area contributed by atoms with E-state index in [4.69, 9.17) is 4.74 Å². The summed E-state index contributed by atoms with van der Waals surface area (Å²) in [4.78, 5) is 11.2. The zero-order chi connectivity index (χ0) is 9.84. The average molecular weight is 182 g/mol. The highest BCUT2D eigenvalue weighted by molar-refractivity contribution is 5.99. The topological polar surface area (TPSA) is 26.3 Å². The van der Waals surface area contributed by atoms with E-state index in [0.717, 1.165) is 0 Å². The van der Waals surface area contributed by atoms with Crippen LogP contribution < -0.4 is 4.74 Å². The lowest BCUT2D eigenvalue weighted by Crippen LogP contribution is -2.11. The minimum atomic E-state index is -1.47. The van der Waals surface area contributed by atoms with Crippen molar-refractivity contribution in [2.75, 3.05) is 7.11 Å². The Morgan fingerprint density at radius 2 is 2.23 bits per heavy atom. The molecule has 1 rings (SSSR count). The summed E-state index contributed by atoms with van der Waals surface area (Å²) in [6.45, 7) is 1.22. The van der Waals surface area contributed by atoms with E-state index in [-0.39, 0.29) is 0 Å². The number of hydrogen-bond acceptors (Lipinski definition) is 2. The van der Waals surface area contributed by atoms with Gasteiger partial charge in [-0.15, -0.1) is 0 Å². The molecule has 0 saturated carbocycles. The summed E-state index contributed by atoms with van der Waals surface area (Å²) in [7, 11) is 1.50. The first-order valence-electron chi connectivity index (χ1n) is 3.97. The second-order valence-corrected chi connectivity index (χ2v) is 2.71. The van der Waals surface area contributed by atoms with Crippen molar-refractivity contribution in [3.8, 4) is 5.75 Å². The molecule has 3 heteroatoms. The van der Waals surface area contributed by atoms with Crippen LogP contribution in [0.2, 0.25) is 0 Å². The van der Waals surface area contributed by atoms with E-state index in [1.807, 2.05) is 0 Å². The van der Waals surface area contributed by atoms with Crippen LogP contribution in [0.25, 0.3) is 0 Å². The normalized spacial score (nSPS) is 12.2. The van der Waals surface area contributed by atoms with Gasteiger partial charge in [0.05, 0.1) is 7.11 Å². The van der Waals surface area contributed by atoms with Crippen LogP contribution in [-0.4, -0.2) is 19.1 Å². The second-order valence-electron chi connectivity index (χ2n) is 2.71. The molecule has 0 bridgehead atoms. The molecule has 0 amide bonds. The fourth-order valence-electron chi connectivity index (χ4n) is 1.01. The van der Waals surface area contributed by atoms with Crippen LogP contribution in [0.4, 0.5) is 4.39 Å². The number of halogens is 1. The quantitative estimate of drug-likeness (QED) is 0.670. The third kappa shape index (κ3) is 2.28. The minimum Gasteiger partial charge on any atom is -0.497 e. The summed E-state index contributed by atoms with van der Waals surface area (Å²) in [5.74, 6) is 0.0467. The maximum atomic E-state index is 12.6. The molecule has 70 valence electrons. The van der Waals surface area contributed by atoms with E-state index in [1.54, 1.807) is 18.2 Å². The highest BCUT2D eigenvalue weighted by Crippen LogP contribution is 2.14. The molecule has 1 atom stereocenters. The lowest BCUT2D eigenvalue weighted by molar-refractivity contribution is 0.0892. The molecule has 0 aliphatic rings. The van der Waals surface area contributed by atoms with Crippen molar-refractivity contribution in [3.05, 3.63) is 29.8 Å². The average Bonchev–Trinajstić information content (AvgIpc) is 2.16. The Hall–Kier alpha value is -1.38. The van der Waals surface area contributed by atoms with Crippen molar-refractivity contribution < 1.29 is 13.9 Å². The molecule has 0 aliphatic carbocycles. The van der Waals surface area contributed by atoms with Gasteiger partial charge in [0.2, 0.25) is 0 Å². The summed E-state index contributed by atoms with van der Waals surface area (Å²) >= 11 is 0. The number of ether oxygens (including phenoxy) is 1. The van der Waals surface area contributed by atoms with Crippen molar-refractivity contribution in [2.45, 2.75) is 13.1 Å². The van der Waals surface area contributed by atoms with Crippen molar-refractivity contribution >= 4 is 5.78 Å². The lowest BCUT2D eigenvalue weighted by atomic mass is 10.1. The number of carbonyl (C=O) groups excluding carboxylic acids is 1. The molecule has 0 N–H and O–H groups in total. The van der Waals surface area contributed by atoms with Crippen LogP contribution in [0.5, 0.6) is 5.75 Å². The Bertz CT molecular complexity index is 308. The Morgan fingerprint density at radius 3 is 2.77 bits per heavy atom. The van der Waals surface area contributed by atoms with E-state index in [0.29, 0.717) is 11.3 Å². The van der Waals surface area contributed by atoms with E-state index in [2.05, 4.69) is 0 Å². The summed E-state index contributed by atoms with van der Waals surface area (Å²) in [5, 5.41) is 0. The number of alkyl halides is 1. The van der Waals surface area contributed by atoms with E-state index in [1.165, 1.54) is 20.1 Å². The van der Waals surface area contributed by atoms with E-state index in [9.17, 15) is 9.18 Å². The predicted octanol–water partition coefficient (Wildman–Crippen LogP) is 2.24. The van der Waals surface area contributed by atoms with Crippen molar-refractivity contribution in [2.24, 2.45) is 0 Å². The molecular formula is C10H11FO2. The Morgan fingerprint density at radius 1 is 1.54 bits per heavy atom. The van der Waals surface area contributed by atoms with Crippen molar-refractivity contribution in [1.29, 1.82) is 0 Å². The third-order valence-corrected chi connectivity index (χ3v) is 1.72. The number of benzene rings is 1. The Labute approximate surface area is 76.3 Å². The molecule has 0 aromatic heterocycles. The summed E-state index contributed by atoms with van der Waals surface area (Å²) < 4.78 is 17.5. The number of ketones is 1. The number of methoxy groups -OCH3 is 1. The molecule has 0 heterocycles. The Balaban J connectivity index is 2.95. The van der Waals surface area contributed by atoms with Crippen LogP contribution in [0, 0.1) is 0 Å². The highest BCUT2D eigenvalue weighted by atomic mass is 19.1. The van der Waals surface area contributed by atoms with Gasteiger partial charge in [-0.1, -0.05) is 12.1 Å². The summed E-state index contributed by atoms with van der Waals surface area (Å²) in [6, 6.07) is 6.47. The maximum Gasteiger partial charge on any atom is 0.196 e. The zero-order valence-corrected chi connectivity index (χ0v) is 7.58. The first-order valence-corrected chi connectivity index (χ1v) is 3.97. The molecule has 0 saturated heterocycles. The SMILES string of the molecule is COc1cccc(C(=O)C(C)F)c1. The molecule has 0 radical (unpaired) electrons. The van der Waals surface area contributed by atoms with Gasteiger partial charge in [0.25, 0.3) is 0 Å². The molecule has 0 fully saturated rings. The molecule has 13 heavy (non-hydrogen) atoms. The van der Waals surface area contributed by atoms with Gasteiger partial charge in [-0.2, -0.15) is 0 Å². The van der Waals surface area contributed by atoms with Crippen LogP contribution in [-0.2, 0) is 0 Å². The van der Waals surface area contributed by atoms with Gasteiger partial charge in [0, 0.05) is 5.56 Å². The molecule has 1 aromatic carbocycles. The maximum absolute atomic E-state index is 12.6. The zero-order valence-electron chi connectivity index (χ0n) is 7.58. The van der Waals surface area contributed by atoms with Crippen LogP contribution in [0.15, 0.2) is 24.3 Å². The van der Waals surface area contributed by atoms with Gasteiger partial charge in [0.15, 0.2) is 12.0 Å². The minimum absolute atomic E-state index is 0.342. The van der Waals surface area contributed by atoms with Crippen LogP contribution >= 0.6 is 0 Å². The molecule has 0 aliphatic heterocycles. The van der Waals surface area contributed by atoms with Gasteiger partial charge in [-0.05, 0) is 19.1 Å². The van der Waals surface area contributed by atoms with Crippen LogP contribution in [0.3, 0.4) is 0 Å². The lowest BCUT2D eigenvalue weighted by Gasteiger charge is -2.03. The van der Waals surface area contributed by atoms with Gasteiger partial charge in [-0.3, -0.25) is 4.79 Å². The van der Waals surface area contributed by atoms with Gasteiger partial charge in [-0.25, -0.2) is 4.39 Å². The smallest absolute Gasteiger partial charge is 0.196 e. The standard InChI is InChI=1S/C10H11FO2/c1-7(11)10(12)8-4-3-5-9(6-8)13-2/h3-7H,1-2H3. The molecule has 0 spiro atoms. The molecular weight excluding hydrogens is 171 g/mol. The van der Waals surface area contributed by atoms with Crippen molar-refractivity contribution in [3.63, 3.8) is 0 Å². The molecule has 1 aromatic rings. The summed E-state index contributed by atoms with van der Waals surface area (Å²) in [6.07, 6.45) is -1.47. The predicted molar refractivity (Wildman–Crippen MR) is 47.9 cm³/mol. The third-order valence-electron chi connectivity index (χ3n) is 1.72. The first-order chi connectivity index (χ1) is 6.15. The Kier molecular flexibility index (Phi) is 3.01. The fourth-order valence-corrected chi connectivity index (χ4v) is 1.01. The van der Waals surface area contributed by atoms with Gasteiger partial charge in [0.1, 0.15) is 5.75 Å². The molecule has 2 nitrogen and oxygen atoms in total.